The van der Waals surface area contributed by atoms with Crippen LogP contribution in [0.4, 0.5) is 5.69 Å². The van der Waals surface area contributed by atoms with Crippen molar-refractivity contribution in [3.63, 3.8) is 0 Å². The molecule has 0 radical (unpaired) electrons. The third-order valence-electron chi connectivity index (χ3n) is 3.10. The van der Waals surface area contributed by atoms with E-state index in [2.05, 4.69) is 0 Å². The molecule has 0 spiro atoms. The van der Waals surface area contributed by atoms with E-state index in [-0.39, 0.29) is 11.8 Å². The lowest BCUT2D eigenvalue weighted by atomic mass is 10.1. The summed E-state index contributed by atoms with van der Waals surface area (Å²) in [6.07, 6.45) is 0. The molecule has 0 aromatic heterocycles. The molecule has 1 heterocycles. The average Bonchev–Trinajstić information content (AvgIpc) is 2.77. The number of hydrogen-bond acceptors (Lipinski definition) is 4. The topological polar surface area (TPSA) is 46.6 Å². The molecule has 1 fully saturated rings. The van der Waals surface area contributed by atoms with Crippen LogP contribution in [0.3, 0.4) is 0 Å². The highest BCUT2D eigenvalue weighted by Crippen LogP contribution is 2.35. The van der Waals surface area contributed by atoms with Crippen LogP contribution < -0.4 is 5.06 Å². The largest absolute Gasteiger partial charge is 0.290 e. The number of anilines is 1. The lowest BCUT2D eigenvalue weighted by Gasteiger charge is -2.22. The zero-order valence-electron chi connectivity index (χ0n) is 10.4. The Labute approximate surface area is 122 Å². The summed E-state index contributed by atoms with van der Waals surface area (Å²) in [5.41, 5.74) is 1.55. The summed E-state index contributed by atoms with van der Waals surface area (Å²) in [4.78, 5) is 0. The van der Waals surface area contributed by atoms with E-state index in [4.69, 9.17) is 15.9 Å². The molecular weight excluding hydrogens is 298 g/mol. The van der Waals surface area contributed by atoms with Gasteiger partial charge >= 0.3 is 0 Å². The van der Waals surface area contributed by atoms with E-state index in [1.54, 1.807) is 12.1 Å². The molecule has 20 heavy (non-hydrogen) atoms. The molecule has 1 aliphatic rings. The summed E-state index contributed by atoms with van der Waals surface area (Å²) >= 11 is 5.86. The van der Waals surface area contributed by atoms with E-state index in [1.807, 2.05) is 42.5 Å². The normalized spacial score (nSPS) is 21.1. The second-order valence-electron chi connectivity index (χ2n) is 4.53. The van der Waals surface area contributed by atoms with Crippen molar-refractivity contribution in [3.8, 4) is 0 Å². The van der Waals surface area contributed by atoms with Gasteiger partial charge in [-0.2, -0.15) is 8.42 Å². The van der Waals surface area contributed by atoms with Gasteiger partial charge in [0.05, 0.1) is 11.7 Å². The minimum Gasteiger partial charge on any atom is -0.228 e. The van der Waals surface area contributed by atoms with Crippen molar-refractivity contribution in [2.45, 2.75) is 6.04 Å². The van der Waals surface area contributed by atoms with Crippen LogP contribution >= 0.6 is 11.6 Å². The molecule has 1 unspecified atom stereocenters. The number of halogens is 1. The van der Waals surface area contributed by atoms with Gasteiger partial charge in [-0.15, -0.1) is 4.28 Å². The highest BCUT2D eigenvalue weighted by atomic mass is 35.5. The maximum absolute atomic E-state index is 11.8. The van der Waals surface area contributed by atoms with Gasteiger partial charge in [-0.25, -0.2) is 5.06 Å². The minimum absolute atomic E-state index is 0.0798. The van der Waals surface area contributed by atoms with Crippen molar-refractivity contribution in [2.24, 2.45) is 0 Å². The van der Waals surface area contributed by atoms with Crippen LogP contribution in [0.5, 0.6) is 0 Å². The summed E-state index contributed by atoms with van der Waals surface area (Å²) in [6, 6.07) is 15.9. The molecule has 0 aliphatic carbocycles. The fraction of sp³-hybridized carbons (Fsp3) is 0.143. The maximum Gasteiger partial charge on any atom is 0.290 e. The molecule has 1 saturated heterocycles. The van der Waals surface area contributed by atoms with Gasteiger partial charge in [-0.05, 0) is 29.8 Å². The highest BCUT2D eigenvalue weighted by Gasteiger charge is 2.38. The van der Waals surface area contributed by atoms with E-state index in [0.717, 1.165) is 5.56 Å². The molecule has 2 aromatic carbocycles. The van der Waals surface area contributed by atoms with Crippen LogP contribution in [0.1, 0.15) is 11.6 Å². The van der Waals surface area contributed by atoms with Crippen LogP contribution in [0.2, 0.25) is 5.02 Å². The Balaban J connectivity index is 2.01. The summed E-state index contributed by atoms with van der Waals surface area (Å²) in [5.74, 6) is -0.0798. The summed E-state index contributed by atoms with van der Waals surface area (Å²) in [7, 11) is -3.56. The van der Waals surface area contributed by atoms with Gasteiger partial charge in [0.15, 0.2) is 0 Å². The first-order valence-electron chi connectivity index (χ1n) is 6.07. The third-order valence-corrected chi connectivity index (χ3v) is 4.47. The van der Waals surface area contributed by atoms with Gasteiger partial charge < -0.3 is 0 Å². The molecule has 6 heteroatoms. The SMILES string of the molecule is O=S1(=O)CC(c2ccc(Cl)cc2)N(c2ccccc2)O1. The first-order valence-corrected chi connectivity index (χ1v) is 8.03. The van der Waals surface area contributed by atoms with Gasteiger partial charge in [0.25, 0.3) is 10.1 Å². The Kier molecular flexibility index (Phi) is 3.41. The third kappa shape index (κ3) is 2.65. The van der Waals surface area contributed by atoms with E-state index < -0.39 is 10.1 Å². The van der Waals surface area contributed by atoms with Crippen molar-refractivity contribution in [2.75, 3.05) is 10.8 Å². The van der Waals surface area contributed by atoms with Crippen LogP contribution in [-0.4, -0.2) is 14.2 Å². The van der Waals surface area contributed by atoms with Crippen molar-refractivity contribution >= 4 is 27.4 Å². The van der Waals surface area contributed by atoms with Crippen LogP contribution in [0.25, 0.3) is 0 Å². The highest BCUT2D eigenvalue weighted by molar-refractivity contribution is 7.87. The Morgan fingerprint density at radius 2 is 1.70 bits per heavy atom. The van der Waals surface area contributed by atoms with Crippen molar-refractivity contribution in [1.29, 1.82) is 0 Å². The van der Waals surface area contributed by atoms with E-state index in [1.165, 1.54) is 5.06 Å². The fourth-order valence-electron chi connectivity index (χ4n) is 2.18. The van der Waals surface area contributed by atoms with Crippen LogP contribution in [0.15, 0.2) is 54.6 Å². The number of rotatable bonds is 2. The quantitative estimate of drug-likeness (QED) is 0.855. The van der Waals surface area contributed by atoms with Gasteiger partial charge in [-0.1, -0.05) is 41.9 Å². The Morgan fingerprint density at radius 1 is 1.05 bits per heavy atom. The maximum atomic E-state index is 11.8. The fourth-order valence-corrected chi connectivity index (χ4v) is 3.52. The average molecular weight is 310 g/mol. The lowest BCUT2D eigenvalue weighted by Crippen LogP contribution is -2.22. The molecule has 3 rings (SSSR count). The monoisotopic (exact) mass is 309 g/mol. The molecule has 1 atom stereocenters. The van der Waals surface area contributed by atoms with Crippen molar-refractivity contribution < 1.29 is 12.7 Å². The molecule has 1 aliphatic heterocycles. The van der Waals surface area contributed by atoms with Gasteiger partial charge in [0, 0.05) is 5.02 Å². The van der Waals surface area contributed by atoms with Gasteiger partial charge in [-0.3, -0.25) is 0 Å². The second kappa shape index (κ2) is 5.09. The number of para-hydroxylation sites is 1. The van der Waals surface area contributed by atoms with E-state index in [0.29, 0.717) is 10.7 Å². The Morgan fingerprint density at radius 3 is 2.35 bits per heavy atom. The summed E-state index contributed by atoms with van der Waals surface area (Å²) < 4.78 is 28.7. The second-order valence-corrected chi connectivity index (χ2v) is 6.56. The molecular formula is C14H12ClNO3S. The predicted octanol–water partition coefficient (Wildman–Crippen LogP) is 3.16. The molecule has 4 nitrogen and oxygen atoms in total. The smallest absolute Gasteiger partial charge is 0.228 e. The molecule has 0 bridgehead atoms. The van der Waals surface area contributed by atoms with Crippen molar-refractivity contribution in [1.82, 2.24) is 0 Å². The Hall–Kier alpha value is -1.56. The first kappa shape index (κ1) is 13.4. The van der Waals surface area contributed by atoms with Crippen LogP contribution in [-0.2, 0) is 14.4 Å². The molecule has 104 valence electrons. The first-order chi connectivity index (χ1) is 9.55. The zero-order chi connectivity index (χ0) is 14.2. The molecule has 0 amide bonds. The number of benzene rings is 2. The van der Waals surface area contributed by atoms with Gasteiger partial charge in [0.1, 0.15) is 5.75 Å². The predicted molar refractivity (Wildman–Crippen MR) is 78.0 cm³/mol. The van der Waals surface area contributed by atoms with Crippen molar-refractivity contribution in [3.05, 3.63) is 65.2 Å². The molecule has 0 saturated carbocycles. The zero-order valence-corrected chi connectivity index (χ0v) is 12.0. The van der Waals surface area contributed by atoms with Crippen LogP contribution in [0, 0.1) is 0 Å². The number of hydroxylamine groups is 1. The Bertz CT molecular complexity index is 701. The summed E-state index contributed by atoms with van der Waals surface area (Å²) in [5, 5.41) is 2.04. The lowest BCUT2D eigenvalue weighted by molar-refractivity contribution is 0.293. The number of hydrogen-bond donors (Lipinski definition) is 0. The summed E-state index contributed by atoms with van der Waals surface area (Å²) in [6.45, 7) is 0. The van der Waals surface area contributed by atoms with Gasteiger partial charge in [0.2, 0.25) is 0 Å². The van der Waals surface area contributed by atoms with E-state index in [9.17, 15) is 8.42 Å². The van der Waals surface area contributed by atoms with E-state index >= 15 is 0 Å². The standard InChI is InChI=1S/C14H12ClNO3S/c15-12-8-6-11(7-9-12)14-10-20(17,18)19-16(14)13-4-2-1-3-5-13/h1-9,14H,10H2. The number of nitrogens with zero attached hydrogens (tertiary/aromatic N) is 1. The minimum atomic E-state index is -3.56. The molecule has 0 N–H and O–H groups in total. The molecule has 2 aromatic rings.